The molecule has 0 saturated carbocycles. The molecular weight excluding hydrogens is 346 g/mol. The molecule has 8 nitrogen and oxygen atoms in total. The zero-order chi connectivity index (χ0) is 19.4. The highest BCUT2D eigenvalue weighted by molar-refractivity contribution is 6.00. The predicted molar refractivity (Wildman–Crippen MR) is 104 cm³/mol. The summed E-state index contributed by atoms with van der Waals surface area (Å²) in [5, 5.41) is 13.9. The number of aromatic nitrogens is 1. The van der Waals surface area contributed by atoms with E-state index in [2.05, 4.69) is 15.2 Å². The van der Waals surface area contributed by atoms with Crippen molar-refractivity contribution in [2.45, 2.75) is 19.4 Å². The smallest absolute Gasteiger partial charge is 0.270 e. The lowest BCUT2D eigenvalue weighted by atomic mass is 10.1. The van der Waals surface area contributed by atoms with E-state index in [0.717, 1.165) is 24.5 Å². The number of carbonyl (C=O) groups is 1. The monoisotopic (exact) mass is 369 g/mol. The van der Waals surface area contributed by atoms with E-state index in [1.54, 1.807) is 31.3 Å². The molecule has 2 aromatic rings. The van der Waals surface area contributed by atoms with Crippen molar-refractivity contribution in [3.63, 3.8) is 0 Å². The van der Waals surface area contributed by atoms with Gasteiger partial charge in [0.2, 0.25) is 0 Å². The van der Waals surface area contributed by atoms with E-state index in [1.807, 2.05) is 12.1 Å². The molecule has 1 aliphatic heterocycles. The van der Waals surface area contributed by atoms with Crippen molar-refractivity contribution >= 4 is 23.1 Å². The van der Waals surface area contributed by atoms with Gasteiger partial charge in [-0.3, -0.25) is 14.9 Å². The summed E-state index contributed by atoms with van der Waals surface area (Å²) in [6.45, 7) is 2.34. The second kappa shape index (κ2) is 8.03. The normalized spacial score (nSPS) is 13.5. The molecule has 0 radical (unpaired) electrons. The van der Waals surface area contributed by atoms with E-state index in [4.69, 9.17) is 0 Å². The van der Waals surface area contributed by atoms with Crippen LogP contribution < -0.4 is 15.1 Å². The molecule has 1 fully saturated rings. The summed E-state index contributed by atoms with van der Waals surface area (Å²) < 4.78 is 0. The number of pyridine rings is 1. The molecule has 142 valence electrons. The fraction of sp³-hybridized carbons (Fsp3) is 0.368. The number of nitro groups is 1. The van der Waals surface area contributed by atoms with Crippen LogP contribution in [0.25, 0.3) is 0 Å². The Hall–Kier alpha value is -3.16. The van der Waals surface area contributed by atoms with Crippen molar-refractivity contribution in [2.75, 3.05) is 37.0 Å². The second-order valence-corrected chi connectivity index (χ2v) is 6.75. The largest absolute Gasteiger partial charge is 0.377 e. The van der Waals surface area contributed by atoms with Gasteiger partial charge in [-0.25, -0.2) is 4.98 Å². The summed E-state index contributed by atoms with van der Waals surface area (Å²) in [6.07, 6.45) is 4.08. The molecule has 1 aromatic heterocycles. The molecule has 0 aliphatic carbocycles. The first-order valence-corrected chi connectivity index (χ1v) is 8.89. The summed E-state index contributed by atoms with van der Waals surface area (Å²) in [4.78, 5) is 31.6. The van der Waals surface area contributed by atoms with Crippen LogP contribution in [0.15, 0.2) is 36.5 Å². The summed E-state index contributed by atoms with van der Waals surface area (Å²) >= 11 is 0. The molecule has 27 heavy (non-hydrogen) atoms. The molecule has 1 amide bonds. The fourth-order valence-corrected chi connectivity index (χ4v) is 3.18. The average Bonchev–Trinajstić information content (AvgIpc) is 3.20. The number of carbonyl (C=O) groups excluding carboxylic acids is 1. The molecule has 0 spiro atoms. The third-order valence-corrected chi connectivity index (χ3v) is 4.61. The maximum Gasteiger partial charge on any atom is 0.270 e. The zero-order valence-electron chi connectivity index (χ0n) is 15.5. The Bertz CT molecular complexity index is 847. The number of non-ortho nitro benzene ring substituents is 1. The van der Waals surface area contributed by atoms with Crippen LogP contribution in [0.1, 0.15) is 28.8 Å². The minimum atomic E-state index is -0.499. The van der Waals surface area contributed by atoms with Crippen molar-refractivity contribution < 1.29 is 9.72 Å². The topological polar surface area (TPSA) is 91.6 Å². The highest BCUT2D eigenvalue weighted by Crippen LogP contribution is 2.24. The van der Waals surface area contributed by atoms with Crippen molar-refractivity contribution in [2.24, 2.45) is 0 Å². The maximum atomic E-state index is 12.7. The maximum absolute atomic E-state index is 12.7. The lowest BCUT2D eigenvalue weighted by molar-refractivity contribution is -0.384. The molecule has 3 rings (SSSR count). The van der Waals surface area contributed by atoms with Crippen LogP contribution >= 0.6 is 0 Å². The van der Waals surface area contributed by atoms with Gasteiger partial charge < -0.3 is 15.1 Å². The summed E-state index contributed by atoms with van der Waals surface area (Å²) in [5.74, 6) is 0.575. The number of hydrogen-bond donors (Lipinski definition) is 1. The quantitative estimate of drug-likeness (QED) is 0.622. The van der Waals surface area contributed by atoms with Gasteiger partial charge in [0.05, 0.1) is 10.5 Å². The van der Waals surface area contributed by atoms with Crippen molar-refractivity contribution in [3.05, 3.63) is 57.8 Å². The van der Waals surface area contributed by atoms with Gasteiger partial charge in [0, 0.05) is 57.7 Å². The molecule has 0 bridgehead atoms. The van der Waals surface area contributed by atoms with Crippen molar-refractivity contribution in [1.82, 2.24) is 10.3 Å². The second-order valence-electron chi connectivity index (χ2n) is 6.75. The van der Waals surface area contributed by atoms with Gasteiger partial charge in [-0.2, -0.15) is 0 Å². The van der Waals surface area contributed by atoms with E-state index >= 15 is 0 Å². The first-order chi connectivity index (χ1) is 13.0. The van der Waals surface area contributed by atoms with Gasteiger partial charge >= 0.3 is 0 Å². The molecule has 1 aromatic carbocycles. The first kappa shape index (κ1) is 18.6. The Morgan fingerprint density at radius 2 is 2.00 bits per heavy atom. The zero-order valence-corrected chi connectivity index (χ0v) is 15.5. The number of nitrogens with one attached hydrogen (secondary N) is 1. The minimum absolute atomic E-state index is 0.106. The molecule has 2 heterocycles. The van der Waals surface area contributed by atoms with Crippen molar-refractivity contribution in [3.8, 4) is 0 Å². The highest BCUT2D eigenvalue weighted by atomic mass is 16.6. The van der Waals surface area contributed by atoms with Gasteiger partial charge in [0.1, 0.15) is 5.82 Å². The van der Waals surface area contributed by atoms with E-state index in [-0.39, 0.29) is 17.2 Å². The van der Waals surface area contributed by atoms with Crippen LogP contribution in [0.2, 0.25) is 0 Å². The third-order valence-electron chi connectivity index (χ3n) is 4.61. The number of amides is 1. The van der Waals surface area contributed by atoms with Crippen molar-refractivity contribution in [1.29, 1.82) is 0 Å². The van der Waals surface area contributed by atoms with Crippen LogP contribution in [0, 0.1) is 10.1 Å². The van der Waals surface area contributed by atoms with E-state index in [9.17, 15) is 14.9 Å². The molecule has 0 atom stereocenters. The number of benzene rings is 1. The Kier molecular flexibility index (Phi) is 5.54. The van der Waals surface area contributed by atoms with Crippen LogP contribution in [0.3, 0.4) is 0 Å². The van der Waals surface area contributed by atoms with E-state index in [1.165, 1.54) is 25.0 Å². The Morgan fingerprint density at radius 1 is 1.26 bits per heavy atom. The lowest BCUT2D eigenvalue weighted by Crippen LogP contribution is -2.26. The number of hydrogen-bond acceptors (Lipinski definition) is 6. The van der Waals surface area contributed by atoms with Gasteiger partial charge in [0.25, 0.3) is 11.6 Å². The van der Waals surface area contributed by atoms with E-state index in [0.29, 0.717) is 12.2 Å². The number of nitro benzene ring substituents is 1. The lowest BCUT2D eigenvalue weighted by Gasteiger charge is -2.18. The standard InChI is InChI=1S/C19H23N5O3/c1-22(2)17-6-5-15(24(26)27)12-16(17)19(25)21-13-14-7-8-20-18(11-14)23-9-3-4-10-23/h5-8,11-12H,3-4,9-10,13H2,1-2H3,(H,21,25). The number of rotatable bonds is 6. The third kappa shape index (κ3) is 4.33. The predicted octanol–water partition coefficient (Wildman–Crippen LogP) is 2.59. The van der Waals surface area contributed by atoms with Gasteiger partial charge in [-0.1, -0.05) is 0 Å². The summed E-state index contributed by atoms with van der Waals surface area (Å²) in [5.41, 5.74) is 1.75. The summed E-state index contributed by atoms with van der Waals surface area (Å²) in [7, 11) is 3.59. The molecule has 1 saturated heterocycles. The SMILES string of the molecule is CN(C)c1ccc([N+](=O)[O-])cc1C(=O)NCc1ccnc(N2CCCC2)c1. The molecule has 0 unspecified atom stereocenters. The number of anilines is 2. The molecular formula is C19H23N5O3. The van der Waals surface area contributed by atoms with Gasteiger partial charge in [-0.15, -0.1) is 0 Å². The highest BCUT2D eigenvalue weighted by Gasteiger charge is 2.18. The van der Waals surface area contributed by atoms with Gasteiger partial charge in [0.15, 0.2) is 0 Å². The van der Waals surface area contributed by atoms with Crippen LogP contribution in [0.4, 0.5) is 17.2 Å². The first-order valence-electron chi connectivity index (χ1n) is 8.89. The Balaban J connectivity index is 1.75. The minimum Gasteiger partial charge on any atom is -0.377 e. The average molecular weight is 369 g/mol. The summed E-state index contributed by atoms with van der Waals surface area (Å²) in [6, 6.07) is 8.14. The van der Waals surface area contributed by atoms with Gasteiger partial charge in [-0.05, 0) is 36.6 Å². The van der Waals surface area contributed by atoms with Crippen LogP contribution in [-0.4, -0.2) is 43.0 Å². The fourth-order valence-electron chi connectivity index (χ4n) is 3.18. The van der Waals surface area contributed by atoms with Crippen LogP contribution in [0.5, 0.6) is 0 Å². The van der Waals surface area contributed by atoms with E-state index < -0.39 is 4.92 Å². The molecule has 1 aliphatic rings. The van der Waals surface area contributed by atoms with Crippen LogP contribution in [-0.2, 0) is 6.54 Å². The molecule has 8 heteroatoms. The Morgan fingerprint density at radius 3 is 2.67 bits per heavy atom. The molecule has 1 N–H and O–H groups in total. The Labute approximate surface area is 158 Å². The number of nitrogens with zero attached hydrogens (tertiary/aromatic N) is 4.